The number of methoxy groups -OCH3 is 1. The van der Waals surface area contributed by atoms with Gasteiger partial charge in [-0.2, -0.15) is 13.2 Å². The summed E-state index contributed by atoms with van der Waals surface area (Å²) in [7, 11) is 1.18. The summed E-state index contributed by atoms with van der Waals surface area (Å²) >= 11 is 0. The number of amides is 1. The zero-order valence-electron chi connectivity index (χ0n) is 19.4. The van der Waals surface area contributed by atoms with Crippen molar-refractivity contribution in [3.8, 4) is 5.69 Å². The van der Waals surface area contributed by atoms with Crippen LogP contribution >= 0.6 is 0 Å². The van der Waals surface area contributed by atoms with Gasteiger partial charge in [0.25, 0.3) is 11.5 Å². The van der Waals surface area contributed by atoms with Crippen LogP contribution < -0.4 is 10.9 Å². The number of ether oxygens (including phenoxy) is 1. The molecule has 0 bridgehead atoms. The number of aromatic nitrogens is 2. The fourth-order valence-electron chi connectivity index (χ4n) is 3.66. The lowest BCUT2D eigenvalue weighted by Gasteiger charge is -2.16. The molecule has 2 aromatic heterocycles. The van der Waals surface area contributed by atoms with Gasteiger partial charge in [0, 0.05) is 29.4 Å². The minimum absolute atomic E-state index is 0.0389. The van der Waals surface area contributed by atoms with Crippen molar-refractivity contribution in [2.45, 2.75) is 38.4 Å². The molecule has 0 spiro atoms. The van der Waals surface area contributed by atoms with Crippen molar-refractivity contribution in [1.29, 1.82) is 0 Å². The van der Waals surface area contributed by atoms with Gasteiger partial charge in [-0.05, 0) is 55.7 Å². The average Bonchev–Trinajstić information content (AvgIpc) is 3.59. The van der Waals surface area contributed by atoms with Crippen LogP contribution in [0, 0.1) is 6.92 Å². The fraction of sp³-hybridized carbons (Fsp3) is 0.280. The summed E-state index contributed by atoms with van der Waals surface area (Å²) in [5.41, 5.74) is -0.904. The summed E-state index contributed by atoms with van der Waals surface area (Å²) in [6.07, 6.45) is -0.178. The summed E-state index contributed by atoms with van der Waals surface area (Å²) < 4.78 is 50.7. The van der Waals surface area contributed by atoms with Gasteiger partial charge in [-0.3, -0.25) is 14.2 Å². The summed E-state index contributed by atoms with van der Waals surface area (Å²) in [5.74, 6) is -0.688. The molecule has 188 valence electrons. The topological polar surface area (TPSA) is 103 Å². The van der Waals surface area contributed by atoms with Gasteiger partial charge in [-0.1, -0.05) is 11.2 Å². The first kappa shape index (κ1) is 25.0. The number of esters is 1. The molecule has 8 nitrogen and oxygen atoms in total. The SMILES string of the molecule is COC(=O)/C=C/c1cc(C(=O)NCc2cc(C3CC3)no2)c(=O)n(-c2cccc(C(F)(F)F)c2)c1C. The first-order valence-corrected chi connectivity index (χ1v) is 11.0. The zero-order valence-corrected chi connectivity index (χ0v) is 19.4. The van der Waals surface area contributed by atoms with Gasteiger partial charge in [0.15, 0.2) is 5.76 Å². The monoisotopic (exact) mass is 501 g/mol. The van der Waals surface area contributed by atoms with Crippen molar-refractivity contribution in [1.82, 2.24) is 15.0 Å². The Balaban J connectivity index is 1.73. The maximum atomic E-state index is 13.3. The quantitative estimate of drug-likeness (QED) is 0.386. The molecule has 11 heteroatoms. The molecule has 1 aromatic carbocycles. The third kappa shape index (κ3) is 5.40. The van der Waals surface area contributed by atoms with Crippen molar-refractivity contribution in [3.05, 3.63) is 86.7 Å². The lowest BCUT2D eigenvalue weighted by atomic mass is 10.1. The van der Waals surface area contributed by atoms with Crippen LogP contribution in [-0.2, 0) is 22.3 Å². The van der Waals surface area contributed by atoms with E-state index in [9.17, 15) is 27.6 Å². The van der Waals surface area contributed by atoms with Crippen LogP contribution in [0.4, 0.5) is 13.2 Å². The van der Waals surface area contributed by atoms with Gasteiger partial charge in [0.2, 0.25) is 0 Å². The van der Waals surface area contributed by atoms with E-state index < -0.39 is 29.2 Å². The molecular formula is C25H22F3N3O5. The second kappa shape index (κ2) is 9.84. The Labute approximate surface area is 203 Å². The Kier molecular flexibility index (Phi) is 6.82. The molecule has 2 heterocycles. The van der Waals surface area contributed by atoms with E-state index in [1.165, 1.54) is 38.3 Å². The molecule has 1 amide bonds. The number of benzene rings is 1. The van der Waals surface area contributed by atoms with Crippen LogP contribution in [-0.4, -0.2) is 28.7 Å². The molecule has 4 rings (SSSR count). The number of carbonyl (C=O) groups excluding carboxylic acids is 2. The van der Waals surface area contributed by atoms with Crippen LogP contribution in [0.25, 0.3) is 11.8 Å². The van der Waals surface area contributed by atoms with E-state index in [1.54, 1.807) is 6.07 Å². The minimum atomic E-state index is -4.63. The smallest absolute Gasteiger partial charge is 0.416 e. The highest BCUT2D eigenvalue weighted by Gasteiger charge is 2.31. The molecule has 3 aromatic rings. The maximum Gasteiger partial charge on any atom is 0.416 e. The van der Waals surface area contributed by atoms with Gasteiger partial charge in [0.1, 0.15) is 5.56 Å². The van der Waals surface area contributed by atoms with Crippen molar-refractivity contribution in [2.24, 2.45) is 0 Å². The standard InChI is InChI=1S/C25H22F3N3O5/c1-14-16(8-9-22(32)35-2)10-20(23(33)29-13-19-12-21(30-36-19)15-6-7-15)24(34)31(14)18-5-3-4-17(11-18)25(26,27)28/h3-5,8-12,15H,6-7,13H2,1-2H3,(H,29,33)/b9-8+. The molecule has 1 fully saturated rings. The van der Waals surface area contributed by atoms with E-state index in [0.29, 0.717) is 11.7 Å². The second-order valence-corrected chi connectivity index (χ2v) is 8.32. The molecular weight excluding hydrogens is 479 g/mol. The summed E-state index contributed by atoms with van der Waals surface area (Å²) in [6, 6.07) is 7.20. The first-order valence-electron chi connectivity index (χ1n) is 11.0. The fourth-order valence-corrected chi connectivity index (χ4v) is 3.66. The Morgan fingerprint density at radius 1 is 1.25 bits per heavy atom. The Bertz CT molecular complexity index is 1400. The van der Waals surface area contributed by atoms with E-state index >= 15 is 0 Å². The van der Waals surface area contributed by atoms with Crippen molar-refractivity contribution in [2.75, 3.05) is 7.11 Å². The number of carbonyl (C=O) groups is 2. The third-order valence-electron chi connectivity index (χ3n) is 5.76. The maximum absolute atomic E-state index is 13.3. The van der Waals surface area contributed by atoms with Gasteiger partial charge in [-0.15, -0.1) is 0 Å². The lowest BCUT2D eigenvalue weighted by Crippen LogP contribution is -2.33. The van der Waals surface area contributed by atoms with Crippen LogP contribution in [0.5, 0.6) is 0 Å². The highest BCUT2D eigenvalue weighted by atomic mass is 19.4. The van der Waals surface area contributed by atoms with Crippen LogP contribution in [0.3, 0.4) is 0 Å². The molecule has 1 aliphatic carbocycles. The molecule has 0 unspecified atom stereocenters. The van der Waals surface area contributed by atoms with Crippen molar-refractivity contribution in [3.63, 3.8) is 0 Å². The minimum Gasteiger partial charge on any atom is -0.466 e. The Morgan fingerprint density at radius 3 is 2.67 bits per heavy atom. The van der Waals surface area contributed by atoms with Crippen LogP contribution in [0.15, 0.2) is 51.8 Å². The lowest BCUT2D eigenvalue weighted by molar-refractivity contribution is -0.137. The number of rotatable bonds is 7. The summed E-state index contributed by atoms with van der Waals surface area (Å²) in [5, 5.41) is 6.55. The zero-order chi connectivity index (χ0) is 26.0. The third-order valence-corrected chi connectivity index (χ3v) is 5.76. The van der Waals surface area contributed by atoms with E-state index in [1.807, 2.05) is 0 Å². The van der Waals surface area contributed by atoms with Gasteiger partial charge >= 0.3 is 12.1 Å². The van der Waals surface area contributed by atoms with Crippen molar-refractivity contribution < 1.29 is 32.0 Å². The van der Waals surface area contributed by atoms with E-state index in [-0.39, 0.29) is 29.1 Å². The number of hydrogen-bond acceptors (Lipinski definition) is 6. The van der Waals surface area contributed by atoms with Crippen molar-refractivity contribution >= 4 is 18.0 Å². The van der Waals surface area contributed by atoms with Gasteiger partial charge < -0.3 is 14.6 Å². The predicted molar refractivity (Wildman–Crippen MR) is 122 cm³/mol. The Morgan fingerprint density at radius 2 is 2.00 bits per heavy atom. The number of nitrogens with one attached hydrogen (secondary N) is 1. The molecule has 0 radical (unpaired) electrons. The van der Waals surface area contributed by atoms with Crippen LogP contribution in [0.1, 0.15) is 57.4 Å². The average molecular weight is 501 g/mol. The molecule has 0 aliphatic heterocycles. The normalized spacial score (nSPS) is 13.7. The largest absolute Gasteiger partial charge is 0.466 e. The number of alkyl halides is 3. The van der Waals surface area contributed by atoms with E-state index in [0.717, 1.165) is 41.3 Å². The summed E-state index contributed by atoms with van der Waals surface area (Å²) in [6.45, 7) is 1.46. The number of nitrogens with zero attached hydrogens (tertiary/aromatic N) is 2. The molecule has 36 heavy (non-hydrogen) atoms. The summed E-state index contributed by atoms with van der Waals surface area (Å²) in [4.78, 5) is 37.9. The highest BCUT2D eigenvalue weighted by molar-refractivity contribution is 5.95. The number of pyridine rings is 1. The molecule has 1 N–H and O–H groups in total. The number of halogens is 3. The first-order chi connectivity index (χ1) is 17.1. The van der Waals surface area contributed by atoms with E-state index in [2.05, 4.69) is 15.2 Å². The molecule has 0 atom stereocenters. The van der Waals surface area contributed by atoms with Crippen LogP contribution in [0.2, 0.25) is 0 Å². The molecule has 1 aliphatic rings. The Hall–Kier alpha value is -4.15. The molecule has 0 saturated heterocycles. The molecule has 1 saturated carbocycles. The highest BCUT2D eigenvalue weighted by Crippen LogP contribution is 2.39. The predicted octanol–water partition coefficient (Wildman–Crippen LogP) is 4.15. The number of hydrogen-bond donors (Lipinski definition) is 1. The van der Waals surface area contributed by atoms with E-state index in [4.69, 9.17) is 4.52 Å². The van der Waals surface area contributed by atoms with Gasteiger partial charge in [0.05, 0.1) is 24.9 Å². The van der Waals surface area contributed by atoms with Gasteiger partial charge in [-0.25, -0.2) is 4.79 Å². The second-order valence-electron chi connectivity index (χ2n) is 8.32.